The molecule has 0 unspecified atom stereocenters. The van der Waals surface area contributed by atoms with Crippen molar-refractivity contribution in [2.75, 3.05) is 19.8 Å². The summed E-state index contributed by atoms with van der Waals surface area (Å²) < 4.78 is 5.54. The molecular weight excluding hydrogens is 250 g/mol. The Labute approximate surface area is 121 Å². The lowest BCUT2D eigenvalue weighted by molar-refractivity contribution is 0.122. The fraction of sp³-hybridized carbons (Fsp3) is 0.647. The van der Waals surface area contributed by atoms with Gasteiger partial charge in [0.15, 0.2) is 0 Å². The van der Waals surface area contributed by atoms with Gasteiger partial charge < -0.3 is 15.2 Å². The smallest absolute Gasteiger partial charge is 0.122 e. The first-order valence-corrected chi connectivity index (χ1v) is 7.92. The van der Waals surface area contributed by atoms with Gasteiger partial charge in [0.1, 0.15) is 5.75 Å². The summed E-state index contributed by atoms with van der Waals surface area (Å²) in [5, 5.41) is 13.3. The van der Waals surface area contributed by atoms with Gasteiger partial charge in [-0.3, -0.25) is 0 Å². The summed E-state index contributed by atoms with van der Waals surface area (Å²) >= 11 is 0. The summed E-state index contributed by atoms with van der Waals surface area (Å²) in [6, 6.07) is 6.54. The number of aliphatic hydroxyl groups excluding tert-OH is 1. The van der Waals surface area contributed by atoms with Gasteiger partial charge in [0, 0.05) is 12.0 Å². The van der Waals surface area contributed by atoms with Crippen molar-refractivity contribution in [1.29, 1.82) is 0 Å². The quantitative estimate of drug-likeness (QED) is 0.867. The summed E-state index contributed by atoms with van der Waals surface area (Å²) in [6.45, 7) is 2.04. The summed E-state index contributed by atoms with van der Waals surface area (Å²) in [5.74, 6) is 1.06. The average molecular weight is 275 g/mol. The molecule has 0 radical (unpaired) electrons. The molecule has 110 valence electrons. The van der Waals surface area contributed by atoms with E-state index in [4.69, 9.17) is 4.74 Å². The molecule has 1 aliphatic heterocycles. The standard InChI is InChI=1S/C17H25NO2/c19-13-17(8-2-1-3-9-17)18-10-6-14-4-5-16-15(12-14)7-11-20-16/h4-5,12,18-19H,1-3,6-11,13H2. The van der Waals surface area contributed by atoms with Crippen LogP contribution in [0.25, 0.3) is 0 Å². The molecule has 1 aromatic rings. The zero-order valence-electron chi connectivity index (χ0n) is 12.2. The van der Waals surface area contributed by atoms with Crippen molar-refractivity contribution in [3.05, 3.63) is 29.3 Å². The Morgan fingerprint density at radius 2 is 2.05 bits per heavy atom. The van der Waals surface area contributed by atoms with E-state index in [1.54, 1.807) is 0 Å². The topological polar surface area (TPSA) is 41.5 Å². The lowest BCUT2D eigenvalue weighted by Crippen LogP contribution is -2.50. The van der Waals surface area contributed by atoms with Gasteiger partial charge in [0.2, 0.25) is 0 Å². The van der Waals surface area contributed by atoms with Gasteiger partial charge in [-0.15, -0.1) is 0 Å². The average Bonchev–Trinajstić information content (AvgIpc) is 2.96. The zero-order valence-corrected chi connectivity index (χ0v) is 12.2. The van der Waals surface area contributed by atoms with E-state index in [0.717, 1.165) is 44.6 Å². The summed E-state index contributed by atoms with van der Waals surface area (Å²) in [4.78, 5) is 0. The second kappa shape index (κ2) is 6.15. The fourth-order valence-electron chi connectivity index (χ4n) is 3.49. The first-order chi connectivity index (χ1) is 9.81. The SMILES string of the molecule is OCC1(NCCc2ccc3c(c2)CCO3)CCCCC1. The van der Waals surface area contributed by atoms with E-state index in [1.807, 2.05) is 0 Å². The normalized spacial score (nSPS) is 20.4. The van der Waals surface area contributed by atoms with Crippen LogP contribution in [0.1, 0.15) is 43.2 Å². The third-order valence-corrected chi connectivity index (χ3v) is 4.78. The van der Waals surface area contributed by atoms with E-state index >= 15 is 0 Å². The highest BCUT2D eigenvalue weighted by Gasteiger charge is 2.30. The number of rotatable bonds is 5. The van der Waals surface area contributed by atoms with Crippen LogP contribution in [0.15, 0.2) is 18.2 Å². The highest BCUT2D eigenvalue weighted by atomic mass is 16.5. The molecule has 0 amide bonds. The summed E-state index contributed by atoms with van der Waals surface area (Å²) in [5.41, 5.74) is 2.70. The molecule has 3 rings (SSSR count). The van der Waals surface area contributed by atoms with Crippen LogP contribution in [0.4, 0.5) is 0 Å². The molecule has 1 saturated carbocycles. The fourth-order valence-corrected chi connectivity index (χ4v) is 3.49. The van der Waals surface area contributed by atoms with Crippen LogP contribution in [0.5, 0.6) is 5.75 Å². The maximum Gasteiger partial charge on any atom is 0.122 e. The van der Waals surface area contributed by atoms with Crippen molar-refractivity contribution in [3.63, 3.8) is 0 Å². The maximum atomic E-state index is 9.69. The van der Waals surface area contributed by atoms with Crippen LogP contribution >= 0.6 is 0 Å². The Hall–Kier alpha value is -1.06. The molecule has 0 bridgehead atoms. The Morgan fingerprint density at radius 1 is 1.20 bits per heavy atom. The van der Waals surface area contributed by atoms with E-state index in [2.05, 4.69) is 23.5 Å². The number of ether oxygens (including phenoxy) is 1. The predicted molar refractivity (Wildman–Crippen MR) is 80.2 cm³/mol. The van der Waals surface area contributed by atoms with Gasteiger partial charge in [-0.25, -0.2) is 0 Å². The van der Waals surface area contributed by atoms with Gasteiger partial charge in [0.25, 0.3) is 0 Å². The Balaban J connectivity index is 1.54. The molecule has 1 fully saturated rings. The monoisotopic (exact) mass is 275 g/mol. The largest absolute Gasteiger partial charge is 0.493 e. The van der Waals surface area contributed by atoms with Gasteiger partial charge in [-0.05, 0) is 43.0 Å². The van der Waals surface area contributed by atoms with Crippen molar-refractivity contribution in [3.8, 4) is 5.75 Å². The van der Waals surface area contributed by atoms with Gasteiger partial charge in [0.05, 0.1) is 13.2 Å². The molecule has 0 atom stereocenters. The van der Waals surface area contributed by atoms with Crippen LogP contribution in [0.3, 0.4) is 0 Å². The number of benzene rings is 1. The van der Waals surface area contributed by atoms with Gasteiger partial charge in [-0.2, -0.15) is 0 Å². The Bertz CT molecular complexity index is 452. The predicted octanol–water partition coefficient (Wildman–Crippen LogP) is 2.45. The summed E-state index contributed by atoms with van der Waals surface area (Å²) in [6.07, 6.45) is 8.08. The van der Waals surface area contributed by atoms with E-state index in [1.165, 1.54) is 30.4 Å². The van der Waals surface area contributed by atoms with E-state index in [9.17, 15) is 5.11 Å². The second-order valence-electron chi connectivity index (χ2n) is 6.22. The molecule has 1 aliphatic carbocycles. The molecule has 0 saturated heterocycles. The first-order valence-electron chi connectivity index (χ1n) is 7.92. The van der Waals surface area contributed by atoms with Crippen LogP contribution in [-0.4, -0.2) is 30.4 Å². The molecule has 1 aromatic carbocycles. The molecular formula is C17H25NO2. The molecule has 0 spiro atoms. The van der Waals surface area contributed by atoms with Crippen molar-refractivity contribution in [2.45, 2.75) is 50.5 Å². The Kier molecular flexibility index (Phi) is 4.27. The van der Waals surface area contributed by atoms with E-state index in [0.29, 0.717) is 0 Å². The lowest BCUT2D eigenvalue weighted by Gasteiger charge is -2.36. The number of hydrogen-bond acceptors (Lipinski definition) is 3. The van der Waals surface area contributed by atoms with E-state index < -0.39 is 0 Å². The number of nitrogens with one attached hydrogen (secondary N) is 1. The van der Waals surface area contributed by atoms with Gasteiger partial charge in [-0.1, -0.05) is 31.4 Å². The third-order valence-electron chi connectivity index (χ3n) is 4.78. The highest BCUT2D eigenvalue weighted by molar-refractivity contribution is 5.39. The number of aliphatic hydroxyl groups is 1. The molecule has 2 aliphatic rings. The van der Waals surface area contributed by atoms with Crippen molar-refractivity contribution >= 4 is 0 Å². The second-order valence-corrected chi connectivity index (χ2v) is 6.22. The maximum absolute atomic E-state index is 9.69. The minimum absolute atomic E-state index is 0.0158. The molecule has 1 heterocycles. The minimum atomic E-state index is -0.0158. The molecule has 0 aromatic heterocycles. The zero-order chi connectivity index (χ0) is 13.8. The molecule has 20 heavy (non-hydrogen) atoms. The first kappa shape index (κ1) is 13.9. The Morgan fingerprint density at radius 3 is 2.85 bits per heavy atom. The molecule has 3 heteroatoms. The van der Waals surface area contributed by atoms with Gasteiger partial charge >= 0.3 is 0 Å². The lowest BCUT2D eigenvalue weighted by atomic mass is 9.82. The van der Waals surface area contributed by atoms with Crippen molar-refractivity contribution < 1.29 is 9.84 Å². The highest BCUT2D eigenvalue weighted by Crippen LogP contribution is 2.28. The van der Waals surface area contributed by atoms with Crippen LogP contribution in [0.2, 0.25) is 0 Å². The van der Waals surface area contributed by atoms with E-state index in [-0.39, 0.29) is 12.1 Å². The third kappa shape index (κ3) is 2.99. The summed E-state index contributed by atoms with van der Waals surface area (Å²) in [7, 11) is 0. The van der Waals surface area contributed by atoms with Crippen molar-refractivity contribution in [2.24, 2.45) is 0 Å². The number of fused-ring (bicyclic) bond motifs is 1. The van der Waals surface area contributed by atoms with Crippen LogP contribution in [0, 0.1) is 0 Å². The minimum Gasteiger partial charge on any atom is -0.493 e. The molecule has 3 nitrogen and oxygen atoms in total. The van der Waals surface area contributed by atoms with Crippen molar-refractivity contribution in [1.82, 2.24) is 5.32 Å². The molecule has 2 N–H and O–H groups in total. The number of hydrogen-bond donors (Lipinski definition) is 2. The van der Waals surface area contributed by atoms with Crippen LogP contribution in [-0.2, 0) is 12.8 Å². The van der Waals surface area contributed by atoms with Crippen LogP contribution < -0.4 is 10.1 Å².